The largest absolute Gasteiger partial charge is 0.486 e. The number of nitrogens with zero attached hydrogens (tertiary/aromatic N) is 1. The van der Waals surface area contributed by atoms with E-state index in [9.17, 15) is 9.59 Å². The van der Waals surface area contributed by atoms with Gasteiger partial charge in [0.05, 0.1) is 11.6 Å². The van der Waals surface area contributed by atoms with Crippen molar-refractivity contribution >= 4 is 29.7 Å². The molecular formula is C19H23ClN2O5. The number of hydrogen-bond acceptors (Lipinski definition) is 5. The maximum absolute atomic E-state index is 12.2. The minimum atomic E-state index is -0.294. The third kappa shape index (κ3) is 5.07. The minimum Gasteiger partial charge on any atom is -0.486 e. The number of benzene rings is 1. The van der Waals surface area contributed by atoms with Gasteiger partial charge >= 0.3 is 6.09 Å². The molecule has 1 aromatic rings. The first-order valence-corrected chi connectivity index (χ1v) is 9.44. The summed E-state index contributed by atoms with van der Waals surface area (Å²) in [6.45, 7) is 4.24. The van der Waals surface area contributed by atoms with E-state index in [2.05, 4.69) is 5.32 Å². The maximum Gasteiger partial charge on any atom is 0.409 e. The number of ether oxygens (including phenoxy) is 3. The first kappa shape index (κ1) is 19.4. The van der Waals surface area contributed by atoms with Crippen molar-refractivity contribution < 1.29 is 23.8 Å². The van der Waals surface area contributed by atoms with Gasteiger partial charge in [-0.15, -0.1) is 0 Å². The highest BCUT2D eigenvalue weighted by Crippen LogP contribution is 2.38. The number of fused-ring (bicyclic) bond motifs is 1. The molecule has 1 aromatic carbocycles. The number of carbonyl (C=O) groups is 2. The maximum atomic E-state index is 12.2. The first-order chi connectivity index (χ1) is 13.1. The second-order valence-corrected chi connectivity index (χ2v) is 6.74. The molecule has 0 aliphatic carbocycles. The van der Waals surface area contributed by atoms with Crippen molar-refractivity contribution in [1.29, 1.82) is 0 Å². The molecule has 0 radical (unpaired) electrons. The third-order valence-electron chi connectivity index (χ3n) is 4.41. The number of hydrogen-bond donors (Lipinski definition) is 1. The van der Waals surface area contributed by atoms with Gasteiger partial charge in [-0.1, -0.05) is 11.6 Å². The van der Waals surface area contributed by atoms with Crippen molar-refractivity contribution in [3.05, 3.63) is 28.8 Å². The van der Waals surface area contributed by atoms with Crippen molar-refractivity contribution in [1.82, 2.24) is 10.2 Å². The van der Waals surface area contributed by atoms with Crippen LogP contribution in [0.4, 0.5) is 4.79 Å². The van der Waals surface area contributed by atoms with Gasteiger partial charge in [0.25, 0.3) is 0 Å². The number of carbonyl (C=O) groups excluding carboxylic acids is 2. The van der Waals surface area contributed by atoms with Crippen LogP contribution in [0.3, 0.4) is 0 Å². The van der Waals surface area contributed by atoms with Crippen LogP contribution in [0.2, 0.25) is 5.02 Å². The molecule has 0 atom stereocenters. The third-order valence-corrected chi connectivity index (χ3v) is 4.69. The number of amides is 2. The quantitative estimate of drug-likeness (QED) is 0.794. The summed E-state index contributed by atoms with van der Waals surface area (Å²) in [4.78, 5) is 25.5. The van der Waals surface area contributed by atoms with E-state index in [-0.39, 0.29) is 18.0 Å². The van der Waals surface area contributed by atoms with E-state index in [4.69, 9.17) is 25.8 Å². The van der Waals surface area contributed by atoms with E-state index in [1.165, 1.54) is 6.08 Å². The van der Waals surface area contributed by atoms with E-state index in [0.29, 0.717) is 62.3 Å². The van der Waals surface area contributed by atoms with E-state index < -0.39 is 0 Å². The van der Waals surface area contributed by atoms with Crippen molar-refractivity contribution in [2.45, 2.75) is 25.8 Å². The van der Waals surface area contributed by atoms with Gasteiger partial charge in [0.2, 0.25) is 5.91 Å². The topological polar surface area (TPSA) is 77.1 Å². The summed E-state index contributed by atoms with van der Waals surface area (Å²) in [6, 6.07) is 3.57. The Kier molecular flexibility index (Phi) is 6.45. The van der Waals surface area contributed by atoms with Crippen LogP contribution in [-0.2, 0) is 9.53 Å². The van der Waals surface area contributed by atoms with Crippen LogP contribution >= 0.6 is 11.6 Å². The number of rotatable bonds is 4. The Hall–Kier alpha value is -2.41. The molecule has 2 aliphatic rings. The summed E-state index contributed by atoms with van der Waals surface area (Å²) in [7, 11) is 0. The Bertz CT molecular complexity index is 729. The fraction of sp³-hybridized carbons (Fsp3) is 0.474. The van der Waals surface area contributed by atoms with Gasteiger partial charge in [-0.2, -0.15) is 0 Å². The van der Waals surface area contributed by atoms with Crippen LogP contribution in [0, 0.1) is 0 Å². The highest BCUT2D eigenvalue weighted by molar-refractivity contribution is 6.32. The van der Waals surface area contributed by atoms with Crippen molar-refractivity contribution in [3.63, 3.8) is 0 Å². The molecule has 146 valence electrons. The molecule has 27 heavy (non-hydrogen) atoms. The summed E-state index contributed by atoms with van der Waals surface area (Å²) < 4.78 is 16.0. The lowest BCUT2D eigenvalue weighted by atomic mass is 10.1. The van der Waals surface area contributed by atoms with Crippen molar-refractivity contribution in [2.75, 3.05) is 32.9 Å². The fourth-order valence-corrected chi connectivity index (χ4v) is 3.34. The lowest BCUT2D eigenvalue weighted by Crippen LogP contribution is -2.46. The van der Waals surface area contributed by atoms with Crippen molar-refractivity contribution in [2.24, 2.45) is 0 Å². The molecule has 8 heteroatoms. The minimum absolute atomic E-state index is 0.0386. The molecule has 0 saturated carbocycles. The summed E-state index contributed by atoms with van der Waals surface area (Å²) >= 11 is 6.20. The zero-order valence-electron chi connectivity index (χ0n) is 15.2. The lowest BCUT2D eigenvalue weighted by molar-refractivity contribution is -0.117. The highest BCUT2D eigenvalue weighted by atomic mass is 35.5. The average molecular weight is 395 g/mol. The van der Waals surface area contributed by atoms with Gasteiger partial charge in [0.1, 0.15) is 13.2 Å². The normalized spacial score (nSPS) is 17.0. The summed E-state index contributed by atoms with van der Waals surface area (Å²) in [6.07, 6.45) is 4.27. The molecule has 1 saturated heterocycles. The molecule has 0 spiro atoms. The van der Waals surface area contributed by atoms with Crippen LogP contribution in [0.15, 0.2) is 18.2 Å². The van der Waals surface area contributed by atoms with Crippen LogP contribution < -0.4 is 14.8 Å². The van der Waals surface area contributed by atoms with E-state index in [0.717, 1.165) is 5.56 Å². The Morgan fingerprint density at radius 3 is 2.78 bits per heavy atom. The van der Waals surface area contributed by atoms with Crippen molar-refractivity contribution in [3.8, 4) is 11.5 Å². The lowest BCUT2D eigenvalue weighted by Gasteiger charge is -2.31. The van der Waals surface area contributed by atoms with Crippen LogP contribution in [-0.4, -0.2) is 55.9 Å². The average Bonchev–Trinajstić information content (AvgIpc) is 2.67. The Labute approximate surface area is 163 Å². The standard InChI is InChI=1S/C19H23ClN2O5/c1-2-25-19(24)22-7-5-14(6-8-22)21-17(23)4-3-13-11-15(20)18-16(12-13)26-9-10-27-18/h3-4,11-12,14H,2,5-10H2,1H3,(H,21,23)/b4-3+. The predicted molar refractivity (Wildman–Crippen MR) is 101 cm³/mol. The van der Waals surface area contributed by atoms with E-state index in [1.54, 1.807) is 30.0 Å². The molecule has 7 nitrogen and oxygen atoms in total. The van der Waals surface area contributed by atoms with E-state index >= 15 is 0 Å². The smallest absolute Gasteiger partial charge is 0.409 e. The zero-order valence-corrected chi connectivity index (χ0v) is 16.0. The predicted octanol–water partition coefficient (Wildman–Crippen LogP) is 2.86. The molecule has 2 aliphatic heterocycles. The number of piperidine rings is 1. The molecule has 0 aromatic heterocycles. The number of likely N-dealkylation sites (tertiary alicyclic amines) is 1. The highest BCUT2D eigenvalue weighted by Gasteiger charge is 2.24. The molecule has 1 fully saturated rings. The zero-order chi connectivity index (χ0) is 19.2. The summed E-state index contributed by atoms with van der Waals surface area (Å²) in [5, 5.41) is 3.42. The van der Waals surface area contributed by atoms with E-state index in [1.807, 2.05) is 0 Å². The van der Waals surface area contributed by atoms with Crippen LogP contribution in [0.1, 0.15) is 25.3 Å². The van der Waals surface area contributed by atoms with Gasteiger partial charge in [-0.25, -0.2) is 4.79 Å². The van der Waals surface area contributed by atoms with Crippen LogP contribution in [0.5, 0.6) is 11.5 Å². The molecule has 2 amide bonds. The van der Waals surface area contributed by atoms with Crippen LogP contribution in [0.25, 0.3) is 6.08 Å². The van der Waals surface area contributed by atoms with Gasteiger partial charge < -0.3 is 24.4 Å². The molecular weight excluding hydrogens is 372 g/mol. The van der Waals surface area contributed by atoms with Gasteiger partial charge in [-0.05, 0) is 43.5 Å². The molecule has 2 heterocycles. The molecule has 1 N–H and O–H groups in total. The van der Waals surface area contributed by atoms with Gasteiger partial charge in [-0.3, -0.25) is 4.79 Å². The monoisotopic (exact) mass is 394 g/mol. The Morgan fingerprint density at radius 2 is 2.04 bits per heavy atom. The number of nitrogens with one attached hydrogen (secondary N) is 1. The number of halogens is 1. The SMILES string of the molecule is CCOC(=O)N1CCC(NC(=O)/C=C/c2cc(Cl)c3c(c2)OCCO3)CC1. The van der Waals surface area contributed by atoms with Gasteiger partial charge in [0.15, 0.2) is 11.5 Å². The second-order valence-electron chi connectivity index (χ2n) is 6.33. The Balaban J connectivity index is 1.51. The molecule has 3 rings (SSSR count). The Morgan fingerprint density at radius 1 is 1.30 bits per heavy atom. The second kappa shape index (κ2) is 8.99. The fourth-order valence-electron chi connectivity index (χ4n) is 3.07. The van der Waals surface area contributed by atoms with Gasteiger partial charge in [0, 0.05) is 25.2 Å². The first-order valence-electron chi connectivity index (χ1n) is 9.06. The molecule has 0 bridgehead atoms. The summed E-state index contributed by atoms with van der Waals surface area (Å²) in [5.41, 5.74) is 0.761. The molecule has 0 unspecified atom stereocenters. The summed E-state index contributed by atoms with van der Waals surface area (Å²) in [5.74, 6) is 0.939.